The summed E-state index contributed by atoms with van der Waals surface area (Å²) in [5, 5.41) is 2.83. The van der Waals surface area contributed by atoms with Gasteiger partial charge < -0.3 is 5.32 Å². The van der Waals surface area contributed by atoms with Crippen LogP contribution < -0.4 is 5.32 Å². The second-order valence-electron chi connectivity index (χ2n) is 3.73. The van der Waals surface area contributed by atoms with Gasteiger partial charge in [0, 0.05) is 30.3 Å². The molecule has 3 heteroatoms. The maximum atomic E-state index is 11.1. The van der Waals surface area contributed by atoms with E-state index in [4.69, 9.17) is 0 Å². The maximum absolute atomic E-state index is 11.1. The van der Waals surface area contributed by atoms with Gasteiger partial charge in [-0.2, -0.15) is 0 Å². The SMILES string of the molecule is C[C@@]1(c2ccccn2)CNC(=O)C1. The van der Waals surface area contributed by atoms with Gasteiger partial charge in [0.25, 0.3) is 0 Å². The monoisotopic (exact) mass is 176 g/mol. The lowest BCUT2D eigenvalue weighted by Crippen LogP contribution is -2.25. The minimum Gasteiger partial charge on any atom is -0.355 e. The molecule has 1 aromatic rings. The van der Waals surface area contributed by atoms with Crippen molar-refractivity contribution in [2.24, 2.45) is 0 Å². The molecule has 13 heavy (non-hydrogen) atoms. The number of pyridine rings is 1. The zero-order chi connectivity index (χ0) is 9.31. The van der Waals surface area contributed by atoms with Gasteiger partial charge in [0.05, 0.1) is 0 Å². The average Bonchev–Trinajstić information content (AvgIpc) is 2.49. The number of carbonyl (C=O) groups is 1. The minimum absolute atomic E-state index is 0.113. The van der Waals surface area contributed by atoms with E-state index in [1.165, 1.54) is 0 Å². The molecule has 0 aliphatic carbocycles. The van der Waals surface area contributed by atoms with Gasteiger partial charge in [-0.1, -0.05) is 13.0 Å². The van der Waals surface area contributed by atoms with E-state index in [-0.39, 0.29) is 11.3 Å². The summed E-state index contributed by atoms with van der Waals surface area (Å²) in [6.45, 7) is 2.76. The first-order chi connectivity index (χ1) is 6.21. The quantitative estimate of drug-likeness (QED) is 0.689. The van der Waals surface area contributed by atoms with Crippen LogP contribution in [0.2, 0.25) is 0 Å². The van der Waals surface area contributed by atoms with Crippen LogP contribution in [0.5, 0.6) is 0 Å². The van der Waals surface area contributed by atoms with Gasteiger partial charge in [0.2, 0.25) is 5.91 Å². The molecule has 0 radical (unpaired) electrons. The lowest BCUT2D eigenvalue weighted by atomic mass is 9.85. The highest BCUT2D eigenvalue weighted by Gasteiger charge is 2.36. The third-order valence-corrected chi connectivity index (χ3v) is 2.51. The van der Waals surface area contributed by atoms with Crippen LogP contribution >= 0.6 is 0 Å². The Balaban J connectivity index is 2.31. The van der Waals surface area contributed by atoms with E-state index in [1.807, 2.05) is 18.2 Å². The molecule has 0 unspecified atom stereocenters. The van der Waals surface area contributed by atoms with Gasteiger partial charge in [0.1, 0.15) is 0 Å². The number of hydrogen-bond acceptors (Lipinski definition) is 2. The van der Waals surface area contributed by atoms with E-state index < -0.39 is 0 Å². The molecule has 68 valence electrons. The summed E-state index contributed by atoms with van der Waals surface area (Å²) < 4.78 is 0. The van der Waals surface area contributed by atoms with Crippen molar-refractivity contribution >= 4 is 5.91 Å². The lowest BCUT2D eigenvalue weighted by Gasteiger charge is -2.19. The van der Waals surface area contributed by atoms with Crippen molar-refractivity contribution in [3.8, 4) is 0 Å². The van der Waals surface area contributed by atoms with Crippen LogP contribution in [0.4, 0.5) is 0 Å². The Morgan fingerprint density at radius 3 is 2.92 bits per heavy atom. The van der Waals surface area contributed by atoms with E-state index in [9.17, 15) is 4.79 Å². The van der Waals surface area contributed by atoms with Gasteiger partial charge in [-0.25, -0.2) is 0 Å². The predicted molar refractivity (Wildman–Crippen MR) is 49.2 cm³/mol. The fraction of sp³-hybridized carbons (Fsp3) is 0.400. The number of rotatable bonds is 1. The lowest BCUT2D eigenvalue weighted by molar-refractivity contribution is -0.119. The first-order valence-electron chi connectivity index (χ1n) is 4.39. The van der Waals surface area contributed by atoms with Crippen LogP contribution in [-0.2, 0) is 10.2 Å². The maximum Gasteiger partial charge on any atom is 0.221 e. The topological polar surface area (TPSA) is 42.0 Å². The van der Waals surface area contributed by atoms with E-state index in [2.05, 4.69) is 17.2 Å². The molecule has 1 aliphatic heterocycles. The first-order valence-corrected chi connectivity index (χ1v) is 4.39. The van der Waals surface area contributed by atoms with Gasteiger partial charge in [-0.05, 0) is 12.1 Å². The van der Waals surface area contributed by atoms with E-state index >= 15 is 0 Å². The van der Waals surface area contributed by atoms with Crippen molar-refractivity contribution in [2.45, 2.75) is 18.8 Å². The second-order valence-corrected chi connectivity index (χ2v) is 3.73. The molecule has 1 aromatic heterocycles. The number of carbonyl (C=O) groups excluding carboxylic acids is 1. The third kappa shape index (κ3) is 1.41. The molecular formula is C10H12N2O. The number of hydrogen-bond donors (Lipinski definition) is 1. The van der Waals surface area contributed by atoms with Gasteiger partial charge in [-0.15, -0.1) is 0 Å². The fourth-order valence-corrected chi connectivity index (χ4v) is 1.67. The molecule has 3 nitrogen and oxygen atoms in total. The average molecular weight is 176 g/mol. The van der Waals surface area contributed by atoms with Crippen LogP contribution in [0.3, 0.4) is 0 Å². The molecule has 1 amide bonds. The standard InChI is InChI=1S/C10H12N2O/c1-10(6-9(13)12-7-10)8-4-2-3-5-11-8/h2-5H,6-7H2,1H3,(H,12,13)/t10-/m0/s1. The number of amides is 1. The molecule has 0 aromatic carbocycles. The van der Waals surface area contributed by atoms with E-state index in [1.54, 1.807) is 6.20 Å². The predicted octanol–water partition coefficient (Wildman–Crippen LogP) is 0.859. The van der Waals surface area contributed by atoms with Gasteiger partial charge in [-0.3, -0.25) is 9.78 Å². The van der Waals surface area contributed by atoms with Crippen molar-refractivity contribution in [3.05, 3.63) is 30.1 Å². The molecule has 2 rings (SSSR count). The normalized spacial score (nSPS) is 27.3. The van der Waals surface area contributed by atoms with Crippen LogP contribution in [0.15, 0.2) is 24.4 Å². The Labute approximate surface area is 77.2 Å². The molecule has 1 aliphatic rings. The van der Waals surface area contributed by atoms with E-state index in [0.717, 1.165) is 5.69 Å². The Morgan fingerprint density at radius 1 is 1.54 bits per heavy atom. The molecule has 2 heterocycles. The van der Waals surface area contributed by atoms with Crippen molar-refractivity contribution < 1.29 is 4.79 Å². The number of nitrogens with one attached hydrogen (secondary N) is 1. The summed E-state index contributed by atoms with van der Waals surface area (Å²) in [4.78, 5) is 15.4. The largest absolute Gasteiger partial charge is 0.355 e. The van der Waals surface area contributed by atoms with Crippen molar-refractivity contribution in [2.75, 3.05) is 6.54 Å². The van der Waals surface area contributed by atoms with Crippen molar-refractivity contribution in [1.82, 2.24) is 10.3 Å². The molecule has 1 N–H and O–H groups in total. The summed E-state index contributed by atoms with van der Waals surface area (Å²) in [5.41, 5.74) is 0.881. The summed E-state index contributed by atoms with van der Waals surface area (Å²) in [5.74, 6) is 0.119. The van der Waals surface area contributed by atoms with Crippen molar-refractivity contribution in [3.63, 3.8) is 0 Å². The molecule has 0 bridgehead atoms. The summed E-state index contributed by atoms with van der Waals surface area (Å²) in [7, 11) is 0. The second kappa shape index (κ2) is 2.83. The zero-order valence-corrected chi connectivity index (χ0v) is 7.58. The number of aromatic nitrogens is 1. The van der Waals surface area contributed by atoms with Crippen molar-refractivity contribution in [1.29, 1.82) is 0 Å². The highest BCUT2D eigenvalue weighted by Crippen LogP contribution is 2.28. The Hall–Kier alpha value is -1.38. The zero-order valence-electron chi connectivity index (χ0n) is 7.58. The van der Waals surface area contributed by atoms with Gasteiger partial charge in [0.15, 0.2) is 0 Å². The van der Waals surface area contributed by atoms with Crippen LogP contribution in [-0.4, -0.2) is 17.4 Å². The third-order valence-electron chi connectivity index (χ3n) is 2.51. The summed E-state index contributed by atoms with van der Waals surface area (Å²) in [6.07, 6.45) is 2.31. The molecular weight excluding hydrogens is 164 g/mol. The van der Waals surface area contributed by atoms with E-state index in [0.29, 0.717) is 13.0 Å². The van der Waals surface area contributed by atoms with Crippen LogP contribution in [0.1, 0.15) is 19.0 Å². The molecule has 1 saturated heterocycles. The molecule has 1 fully saturated rings. The van der Waals surface area contributed by atoms with Crippen LogP contribution in [0.25, 0.3) is 0 Å². The highest BCUT2D eigenvalue weighted by atomic mass is 16.1. The highest BCUT2D eigenvalue weighted by molar-refractivity contribution is 5.80. The fourth-order valence-electron chi connectivity index (χ4n) is 1.67. The summed E-state index contributed by atoms with van der Waals surface area (Å²) >= 11 is 0. The number of nitrogens with zero attached hydrogens (tertiary/aromatic N) is 1. The molecule has 0 spiro atoms. The Kier molecular flexibility index (Phi) is 1.79. The van der Waals surface area contributed by atoms with Crippen LogP contribution in [0, 0.1) is 0 Å². The molecule has 0 saturated carbocycles. The summed E-state index contributed by atoms with van der Waals surface area (Å²) in [6, 6.07) is 5.81. The molecule has 1 atom stereocenters. The Bertz CT molecular complexity index is 323. The smallest absolute Gasteiger partial charge is 0.221 e. The first kappa shape index (κ1) is 8.23. The van der Waals surface area contributed by atoms with Gasteiger partial charge >= 0.3 is 0 Å². The minimum atomic E-state index is -0.113. The Morgan fingerprint density at radius 2 is 2.38 bits per heavy atom.